The van der Waals surface area contributed by atoms with Crippen molar-refractivity contribution in [2.75, 3.05) is 26.2 Å². The van der Waals surface area contributed by atoms with Crippen LogP contribution in [0.15, 0.2) is 36.4 Å². The van der Waals surface area contributed by atoms with Crippen LogP contribution in [-0.4, -0.2) is 42.2 Å². The molecule has 2 aromatic rings. The number of carbonyl (C=O) groups is 1. The number of piperidine rings is 1. The van der Waals surface area contributed by atoms with Gasteiger partial charge in [-0.15, -0.1) is 0 Å². The van der Waals surface area contributed by atoms with Gasteiger partial charge in [-0.25, -0.2) is 0 Å². The van der Waals surface area contributed by atoms with Crippen molar-refractivity contribution in [1.82, 2.24) is 4.90 Å². The van der Waals surface area contributed by atoms with Crippen molar-refractivity contribution in [3.63, 3.8) is 0 Å². The van der Waals surface area contributed by atoms with Crippen molar-refractivity contribution in [3.05, 3.63) is 58.1 Å². The number of ether oxygens (including phenoxy) is 2. The number of likely N-dealkylation sites (tertiary alicyclic amines) is 1. The van der Waals surface area contributed by atoms with Crippen molar-refractivity contribution in [1.29, 1.82) is 0 Å². The highest BCUT2D eigenvalue weighted by Crippen LogP contribution is 2.46. The highest BCUT2D eigenvalue weighted by molar-refractivity contribution is 6.31. The van der Waals surface area contributed by atoms with Gasteiger partial charge in [0.15, 0.2) is 0 Å². The predicted octanol–water partition coefficient (Wildman–Crippen LogP) is 4.68. The number of hydrogen-bond donors (Lipinski definition) is 1. The first kappa shape index (κ1) is 21.0. The highest BCUT2D eigenvalue weighted by atomic mass is 35.5. The third-order valence-corrected chi connectivity index (χ3v) is 6.82. The first-order valence-electron chi connectivity index (χ1n) is 10.6. The largest absolute Gasteiger partial charge is 0.492 e. The lowest BCUT2D eigenvalue weighted by atomic mass is 9.74. The summed E-state index contributed by atoms with van der Waals surface area (Å²) in [5.74, 6) is 0.952. The zero-order valence-corrected chi connectivity index (χ0v) is 18.1. The Hall–Kier alpha value is -2.24. The van der Waals surface area contributed by atoms with E-state index in [9.17, 15) is 4.79 Å². The maximum atomic E-state index is 10.8. The summed E-state index contributed by atoms with van der Waals surface area (Å²) >= 11 is 6.38. The molecule has 2 heterocycles. The molecule has 0 unspecified atom stereocenters. The molecule has 2 aliphatic rings. The summed E-state index contributed by atoms with van der Waals surface area (Å²) in [5.41, 5.74) is 3.52. The summed E-state index contributed by atoms with van der Waals surface area (Å²) in [5, 5.41) is 9.64. The third kappa shape index (κ3) is 4.28. The molecule has 1 fully saturated rings. The molecule has 0 atom stereocenters. The molecule has 1 N–H and O–H groups in total. The maximum Gasteiger partial charge on any atom is 0.304 e. The first-order chi connectivity index (χ1) is 14.5. The summed E-state index contributed by atoms with van der Waals surface area (Å²) in [6.07, 6.45) is 3.09. The van der Waals surface area contributed by atoms with E-state index in [2.05, 4.69) is 24.0 Å². The van der Waals surface area contributed by atoms with Crippen LogP contribution in [0.3, 0.4) is 0 Å². The molecule has 4 rings (SSSR count). The summed E-state index contributed by atoms with van der Waals surface area (Å²) in [7, 11) is 0. The number of hydrogen-bond acceptors (Lipinski definition) is 4. The molecule has 2 aromatic carbocycles. The minimum absolute atomic E-state index is 0.0334. The van der Waals surface area contributed by atoms with E-state index in [4.69, 9.17) is 26.2 Å². The van der Waals surface area contributed by atoms with E-state index in [-0.39, 0.29) is 11.8 Å². The van der Waals surface area contributed by atoms with E-state index in [1.54, 1.807) is 0 Å². The van der Waals surface area contributed by atoms with Gasteiger partial charge in [-0.3, -0.25) is 4.79 Å². The van der Waals surface area contributed by atoms with Crippen LogP contribution in [0.2, 0.25) is 5.02 Å². The van der Waals surface area contributed by atoms with Gasteiger partial charge in [-0.2, -0.15) is 0 Å². The smallest absolute Gasteiger partial charge is 0.304 e. The van der Waals surface area contributed by atoms with Crippen LogP contribution in [0.4, 0.5) is 0 Å². The topological polar surface area (TPSA) is 59.0 Å². The van der Waals surface area contributed by atoms with Crippen LogP contribution in [0, 0.1) is 0 Å². The molecule has 2 aliphatic heterocycles. The molecular weight excluding hydrogens is 402 g/mol. The molecule has 0 aliphatic carbocycles. The third-order valence-electron chi connectivity index (χ3n) is 6.46. The van der Waals surface area contributed by atoms with Gasteiger partial charge in [0, 0.05) is 34.2 Å². The Morgan fingerprint density at radius 1 is 1.27 bits per heavy atom. The Bertz CT molecular complexity index is 921. The molecule has 6 heteroatoms. The lowest BCUT2D eigenvalue weighted by Crippen LogP contribution is -2.44. The molecular formula is C24H28ClNO4. The molecule has 0 amide bonds. The van der Waals surface area contributed by atoms with Crippen LogP contribution in [0.25, 0.3) is 0 Å². The van der Waals surface area contributed by atoms with Crippen molar-refractivity contribution >= 4 is 17.6 Å². The second kappa shape index (κ2) is 8.86. The lowest BCUT2D eigenvalue weighted by Gasteiger charge is -2.38. The predicted molar refractivity (Wildman–Crippen MR) is 117 cm³/mol. The fourth-order valence-electron chi connectivity index (χ4n) is 4.57. The zero-order chi connectivity index (χ0) is 21.1. The van der Waals surface area contributed by atoms with E-state index in [0.717, 1.165) is 54.4 Å². The molecule has 0 radical (unpaired) electrons. The van der Waals surface area contributed by atoms with Gasteiger partial charge in [0.05, 0.1) is 13.0 Å². The lowest BCUT2D eigenvalue weighted by molar-refractivity contribution is -0.137. The zero-order valence-electron chi connectivity index (χ0n) is 17.3. The Kier molecular flexibility index (Phi) is 6.21. The normalized spacial score (nSPS) is 17.5. The van der Waals surface area contributed by atoms with Gasteiger partial charge in [0.25, 0.3) is 0 Å². The number of carboxylic acids is 1. The van der Waals surface area contributed by atoms with Crippen LogP contribution >= 0.6 is 11.6 Å². The van der Waals surface area contributed by atoms with Gasteiger partial charge in [0.2, 0.25) is 0 Å². The fraction of sp³-hybridized carbons (Fsp3) is 0.458. The van der Waals surface area contributed by atoms with Gasteiger partial charge in [-0.05, 0) is 50.0 Å². The Balaban J connectivity index is 1.42. The first-order valence-corrected chi connectivity index (χ1v) is 11.0. The van der Waals surface area contributed by atoms with Gasteiger partial charge < -0.3 is 19.5 Å². The monoisotopic (exact) mass is 429 g/mol. The highest BCUT2D eigenvalue weighted by Gasteiger charge is 2.43. The van der Waals surface area contributed by atoms with Crippen LogP contribution in [-0.2, 0) is 23.2 Å². The molecule has 5 nitrogen and oxygen atoms in total. The summed E-state index contributed by atoms with van der Waals surface area (Å²) < 4.78 is 12.1. The van der Waals surface area contributed by atoms with Crippen LogP contribution in [0.1, 0.15) is 42.9 Å². The number of carboxylic acid groups (broad SMARTS) is 1. The number of rotatable bonds is 7. The van der Waals surface area contributed by atoms with Gasteiger partial charge >= 0.3 is 5.97 Å². The fourth-order valence-corrected chi connectivity index (χ4v) is 4.82. The number of halogens is 1. The van der Waals surface area contributed by atoms with Crippen molar-refractivity contribution in [3.8, 4) is 11.5 Å². The number of aryl methyl sites for hydroxylation is 1. The van der Waals surface area contributed by atoms with Crippen molar-refractivity contribution < 1.29 is 19.4 Å². The van der Waals surface area contributed by atoms with E-state index in [1.165, 1.54) is 11.1 Å². The average molecular weight is 430 g/mol. The second-order valence-electron chi connectivity index (χ2n) is 8.23. The minimum atomic E-state index is -0.736. The second-order valence-corrected chi connectivity index (χ2v) is 8.64. The summed E-state index contributed by atoms with van der Waals surface area (Å²) in [6.45, 7) is 5.66. The Morgan fingerprint density at radius 2 is 2.07 bits per heavy atom. The summed E-state index contributed by atoms with van der Waals surface area (Å²) in [6, 6.07) is 12.1. The van der Waals surface area contributed by atoms with Gasteiger partial charge in [0.1, 0.15) is 18.1 Å². The number of benzene rings is 2. The Labute approximate surface area is 182 Å². The molecule has 0 aromatic heterocycles. The van der Waals surface area contributed by atoms with Crippen LogP contribution < -0.4 is 9.47 Å². The molecule has 30 heavy (non-hydrogen) atoms. The molecule has 0 saturated carbocycles. The maximum absolute atomic E-state index is 10.8. The number of aliphatic carboxylic acids is 1. The minimum Gasteiger partial charge on any atom is -0.492 e. The van der Waals surface area contributed by atoms with E-state index in [1.807, 2.05) is 24.3 Å². The van der Waals surface area contributed by atoms with E-state index < -0.39 is 5.97 Å². The molecule has 1 saturated heterocycles. The van der Waals surface area contributed by atoms with E-state index >= 15 is 0 Å². The Morgan fingerprint density at radius 3 is 2.80 bits per heavy atom. The standard InChI is InChI=1S/C24H28ClNO4/c1-2-17-4-3-5-21(25)19(17)15-29-18-6-7-20-22(14-18)30-16-24(20)9-12-26(13-10-24)11-8-23(27)28/h3-7,14H,2,8-13,15-16H2,1H3,(H,27,28). The SMILES string of the molecule is CCc1cccc(Cl)c1COc1ccc2c(c1)OCC21CCN(CCC(=O)O)CC1. The van der Waals surface area contributed by atoms with Crippen LogP contribution in [0.5, 0.6) is 11.5 Å². The van der Waals surface area contributed by atoms with Crippen molar-refractivity contribution in [2.24, 2.45) is 0 Å². The van der Waals surface area contributed by atoms with Gasteiger partial charge in [-0.1, -0.05) is 36.7 Å². The summed E-state index contributed by atoms with van der Waals surface area (Å²) in [4.78, 5) is 13.1. The quantitative estimate of drug-likeness (QED) is 0.692. The average Bonchev–Trinajstić information content (AvgIpc) is 3.09. The molecule has 0 bridgehead atoms. The molecule has 160 valence electrons. The number of fused-ring (bicyclic) bond motifs is 2. The van der Waals surface area contributed by atoms with E-state index in [0.29, 0.717) is 19.8 Å². The molecule has 1 spiro atoms. The van der Waals surface area contributed by atoms with Crippen molar-refractivity contribution in [2.45, 2.75) is 44.6 Å². The number of nitrogens with zero attached hydrogens (tertiary/aromatic N) is 1.